The van der Waals surface area contributed by atoms with E-state index < -0.39 is 0 Å². The highest BCUT2D eigenvalue weighted by Crippen LogP contribution is 2.37. The van der Waals surface area contributed by atoms with Crippen molar-refractivity contribution in [2.45, 2.75) is 45.7 Å². The molecule has 1 amide bonds. The van der Waals surface area contributed by atoms with Crippen molar-refractivity contribution in [3.63, 3.8) is 0 Å². The molecule has 1 saturated heterocycles. The molecule has 3 unspecified atom stereocenters. The van der Waals surface area contributed by atoms with Crippen LogP contribution in [0.3, 0.4) is 0 Å². The lowest BCUT2D eigenvalue weighted by atomic mass is 10.0. The minimum Gasteiger partial charge on any atom is -0.337 e. The highest BCUT2D eigenvalue weighted by atomic mass is 35.5. The highest BCUT2D eigenvalue weighted by molar-refractivity contribution is 5.85. The first kappa shape index (κ1) is 13.8. The molecule has 4 heteroatoms. The number of piperazine rings is 1. The van der Waals surface area contributed by atoms with E-state index in [1.165, 1.54) is 12.8 Å². The highest BCUT2D eigenvalue weighted by Gasteiger charge is 2.37. The molecule has 0 spiro atoms. The summed E-state index contributed by atoms with van der Waals surface area (Å²) in [6.07, 6.45) is 2.51. The molecule has 0 radical (unpaired) electrons. The first-order chi connectivity index (χ1) is 7.11. The Labute approximate surface area is 104 Å². The van der Waals surface area contributed by atoms with Crippen LogP contribution in [0.15, 0.2) is 0 Å². The maximum absolute atomic E-state index is 12.2. The molecule has 0 bridgehead atoms. The van der Waals surface area contributed by atoms with Gasteiger partial charge in [-0.25, -0.2) is 0 Å². The molecule has 3 nitrogen and oxygen atoms in total. The lowest BCUT2D eigenvalue weighted by Crippen LogP contribution is -2.58. The molecule has 16 heavy (non-hydrogen) atoms. The minimum atomic E-state index is 0. The summed E-state index contributed by atoms with van der Waals surface area (Å²) >= 11 is 0. The standard InChI is InChI=1S/C12H22N2O.ClH/c1-8(11-4-5-11)12(15)14-7-6-13-9(2)10(14)3;/h8-11,13H,4-7H2,1-3H3;1H. The monoisotopic (exact) mass is 246 g/mol. The smallest absolute Gasteiger partial charge is 0.226 e. The molecule has 1 aliphatic carbocycles. The van der Waals surface area contributed by atoms with E-state index in [1.807, 2.05) is 0 Å². The van der Waals surface area contributed by atoms with Crippen LogP contribution < -0.4 is 5.32 Å². The van der Waals surface area contributed by atoms with E-state index in [0.29, 0.717) is 23.9 Å². The molecule has 0 aromatic carbocycles. The van der Waals surface area contributed by atoms with Gasteiger partial charge in [0.05, 0.1) is 0 Å². The first-order valence-corrected chi connectivity index (χ1v) is 6.15. The van der Waals surface area contributed by atoms with E-state index in [-0.39, 0.29) is 18.3 Å². The summed E-state index contributed by atoms with van der Waals surface area (Å²) in [7, 11) is 0. The predicted octanol–water partition coefficient (Wildman–Crippen LogP) is 1.66. The summed E-state index contributed by atoms with van der Waals surface area (Å²) in [4.78, 5) is 14.3. The van der Waals surface area contributed by atoms with E-state index in [9.17, 15) is 4.79 Å². The second kappa shape index (κ2) is 5.37. The van der Waals surface area contributed by atoms with Crippen molar-refractivity contribution in [1.82, 2.24) is 10.2 Å². The molecule has 1 heterocycles. The number of carbonyl (C=O) groups is 1. The summed E-state index contributed by atoms with van der Waals surface area (Å²) in [5, 5.41) is 3.41. The van der Waals surface area contributed by atoms with Gasteiger partial charge in [-0.1, -0.05) is 6.92 Å². The van der Waals surface area contributed by atoms with Gasteiger partial charge in [0.25, 0.3) is 0 Å². The van der Waals surface area contributed by atoms with Crippen LogP contribution in [-0.4, -0.2) is 36.0 Å². The maximum atomic E-state index is 12.2. The van der Waals surface area contributed by atoms with E-state index in [4.69, 9.17) is 0 Å². The Bertz CT molecular complexity index is 255. The lowest BCUT2D eigenvalue weighted by Gasteiger charge is -2.40. The normalized spacial score (nSPS) is 31.8. The summed E-state index contributed by atoms with van der Waals surface area (Å²) in [5.74, 6) is 1.30. The van der Waals surface area contributed by atoms with Crippen LogP contribution in [0.2, 0.25) is 0 Å². The Balaban J connectivity index is 0.00000128. The number of halogens is 1. The SMILES string of the molecule is CC1NCCN(C(=O)C(C)C2CC2)C1C.Cl. The Morgan fingerprint density at radius 1 is 1.38 bits per heavy atom. The maximum Gasteiger partial charge on any atom is 0.226 e. The third-order valence-electron chi connectivity index (χ3n) is 4.04. The summed E-state index contributed by atoms with van der Waals surface area (Å²) < 4.78 is 0. The van der Waals surface area contributed by atoms with Crippen molar-refractivity contribution in [3.05, 3.63) is 0 Å². The van der Waals surface area contributed by atoms with Crippen molar-refractivity contribution < 1.29 is 4.79 Å². The number of hydrogen-bond donors (Lipinski definition) is 1. The van der Waals surface area contributed by atoms with E-state index in [1.54, 1.807) is 0 Å². The molecule has 1 aliphatic heterocycles. The topological polar surface area (TPSA) is 32.3 Å². The van der Waals surface area contributed by atoms with Crippen LogP contribution in [-0.2, 0) is 4.79 Å². The molecular formula is C12H23ClN2O. The van der Waals surface area contributed by atoms with E-state index >= 15 is 0 Å². The number of hydrogen-bond acceptors (Lipinski definition) is 2. The predicted molar refractivity (Wildman–Crippen MR) is 67.8 cm³/mol. The van der Waals surface area contributed by atoms with Crippen LogP contribution in [0.1, 0.15) is 33.6 Å². The largest absolute Gasteiger partial charge is 0.337 e. The van der Waals surface area contributed by atoms with Crippen molar-refractivity contribution >= 4 is 18.3 Å². The number of amides is 1. The van der Waals surface area contributed by atoms with Gasteiger partial charge in [0.1, 0.15) is 0 Å². The number of rotatable bonds is 2. The second-order valence-corrected chi connectivity index (χ2v) is 5.14. The van der Waals surface area contributed by atoms with Gasteiger partial charge in [0.15, 0.2) is 0 Å². The molecular weight excluding hydrogens is 224 g/mol. The molecule has 2 aliphatic rings. The number of carbonyl (C=O) groups excluding carboxylic acids is 1. The summed E-state index contributed by atoms with van der Waals surface area (Å²) in [5.41, 5.74) is 0. The molecule has 3 atom stereocenters. The fraction of sp³-hybridized carbons (Fsp3) is 0.917. The fourth-order valence-corrected chi connectivity index (χ4v) is 2.43. The van der Waals surface area contributed by atoms with Gasteiger partial charge < -0.3 is 10.2 Å². The molecule has 94 valence electrons. The molecule has 0 aromatic heterocycles. The zero-order valence-corrected chi connectivity index (χ0v) is 11.2. The first-order valence-electron chi connectivity index (χ1n) is 6.15. The Morgan fingerprint density at radius 3 is 2.56 bits per heavy atom. The third-order valence-corrected chi connectivity index (χ3v) is 4.04. The van der Waals surface area contributed by atoms with Gasteiger partial charge in [0, 0.05) is 31.1 Å². The number of nitrogens with one attached hydrogen (secondary N) is 1. The Morgan fingerprint density at radius 2 is 2.00 bits per heavy atom. The minimum absolute atomic E-state index is 0. The van der Waals surface area contributed by atoms with E-state index in [2.05, 4.69) is 31.0 Å². The van der Waals surface area contributed by atoms with Crippen molar-refractivity contribution in [3.8, 4) is 0 Å². The third kappa shape index (κ3) is 2.69. The van der Waals surface area contributed by atoms with Gasteiger partial charge in [0.2, 0.25) is 5.91 Å². The molecule has 1 N–H and O–H groups in total. The average molecular weight is 247 g/mol. The molecule has 0 aromatic rings. The van der Waals surface area contributed by atoms with Crippen LogP contribution in [0.25, 0.3) is 0 Å². The quantitative estimate of drug-likeness (QED) is 0.804. The summed E-state index contributed by atoms with van der Waals surface area (Å²) in [6, 6.07) is 0.765. The van der Waals surface area contributed by atoms with Crippen molar-refractivity contribution in [1.29, 1.82) is 0 Å². The van der Waals surface area contributed by atoms with Gasteiger partial charge in [-0.15, -0.1) is 12.4 Å². The second-order valence-electron chi connectivity index (χ2n) is 5.14. The van der Waals surface area contributed by atoms with Crippen LogP contribution in [0.4, 0.5) is 0 Å². The lowest BCUT2D eigenvalue weighted by molar-refractivity contribution is -0.139. The zero-order valence-electron chi connectivity index (χ0n) is 10.4. The van der Waals surface area contributed by atoms with Gasteiger partial charge in [-0.05, 0) is 32.6 Å². The fourth-order valence-electron chi connectivity index (χ4n) is 2.43. The Hall–Kier alpha value is -0.280. The Kier molecular flexibility index (Phi) is 4.62. The van der Waals surface area contributed by atoms with Crippen molar-refractivity contribution in [2.24, 2.45) is 11.8 Å². The van der Waals surface area contributed by atoms with E-state index in [0.717, 1.165) is 13.1 Å². The molecule has 2 rings (SSSR count). The van der Waals surface area contributed by atoms with Crippen LogP contribution in [0.5, 0.6) is 0 Å². The van der Waals surface area contributed by atoms with Gasteiger partial charge in [-0.3, -0.25) is 4.79 Å². The van der Waals surface area contributed by atoms with Crippen molar-refractivity contribution in [2.75, 3.05) is 13.1 Å². The zero-order chi connectivity index (χ0) is 11.0. The average Bonchev–Trinajstić information content (AvgIpc) is 3.03. The van der Waals surface area contributed by atoms with Crippen LogP contribution >= 0.6 is 12.4 Å². The summed E-state index contributed by atoms with van der Waals surface area (Å²) in [6.45, 7) is 8.22. The molecule has 1 saturated carbocycles. The molecule has 2 fully saturated rings. The van der Waals surface area contributed by atoms with Gasteiger partial charge in [-0.2, -0.15) is 0 Å². The number of nitrogens with zero attached hydrogens (tertiary/aromatic N) is 1. The van der Waals surface area contributed by atoms with Crippen LogP contribution in [0, 0.1) is 11.8 Å². The van der Waals surface area contributed by atoms with Gasteiger partial charge >= 0.3 is 0 Å².